The number of carbonyl (C=O) groups excluding carboxylic acids is 1. The zero-order chi connectivity index (χ0) is 9.97. The minimum atomic E-state index is -0.181. The van der Waals surface area contributed by atoms with Crippen LogP contribution in [0.4, 0.5) is 0 Å². The topological polar surface area (TPSA) is 55.1 Å². The summed E-state index contributed by atoms with van der Waals surface area (Å²) in [5.41, 5.74) is 5.08. The van der Waals surface area contributed by atoms with Gasteiger partial charge in [-0.2, -0.15) is 0 Å². The highest BCUT2D eigenvalue weighted by atomic mass is 16.1. The minimum Gasteiger partial charge on any atom is -0.370 e. The van der Waals surface area contributed by atoms with E-state index in [1.54, 1.807) is 0 Å². The Kier molecular flexibility index (Phi) is 3.06. The molecule has 0 spiro atoms. The summed E-state index contributed by atoms with van der Waals surface area (Å²) in [6.07, 6.45) is 7.08. The average molecular weight is 196 g/mol. The molecule has 3 nitrogen and oxygen atoms in total. The monoisotopic (exact) mass is 196 g/mol. The summed E-state index contributed by atoms with van der Waals surface area (Å²) in [6, 6.07) is 0.738. The highest BCUT2D eigenvalue weighted by molar-refractivity contribution is 5.73. The number of primary amides is 1. The molecule has 2 bridgehead atoms. The van der Waals surface area contributed by atoms with Gasteiger partial charge in [0.15, 0.2) is 0 Å². The number of amides is 1. The van der Waals surface area contributed by atoms with E-state index >= 15 is 0 Å². The van der Waals surface area contributed by atoms with Crippen LogP contribution in [0, 0.1) is 11.8 Å². The largest absolute Gasteiger partial charge is 0.370 e. The molecule has 0 aromatic rings. The second-order valence-electron chi connectivity index (χ2n) is 4.81. The third-order valence-electron chi connectivity index (χ3n) is 3.74. The SMILES string of the molecule is NC(=O)CCCNC1CC2CCC1C2. The highest BCUT2D eigenvalue weighted by Crippen LogP contribution is 2.44. The van der Waals surface area contributed by atoms with Gasteiger partial charge in [0.2, 0.25) is 5.91 Å². The van der Waals surface area contributed by atoms with Crippen LogP contribution in [0.1, 0.15) is 38.5 Å². The van der Waals surface area contributed by atoms with E-state index < -0.39 is 0 Å². The van der Waals surface area contributed by atoms with Gasteiger partial charge in [-0.1, -0.05) is 6.42 Å². The van der Waals surface area contributed by atoms with Gasteiger partial charge in [0, 0.05) is 12.5 Å². The number of fused-ring (bicyclic) bond motifs is 2. The Morgan fingerprint density at radius 3 is 2.79 bits per heavy atom. The van der Waals surface area contributed by atoms with E-state index in [0.717, 1.165) is 30.8 Å². The number of nitrogens with two attached hydrogens (primary N) is 1. The van der Waals surface area contributed by atoms with E-state index in [-0.39, 0.29) is 5.91 Å². The van der Waals surface area contributed by atoms with E-state index in [4.69, 9.17) is 5.73 Å². The molecule has 0 heterocycles. The summed E-state index contributed by atoms with van der Waals surface area (Å²) in [4.78, 5) is 10.5. The van der Waals surface area contributed by atoms with E-state index in [1.807, 2.05) is 0 Å². The standard InChI is InChI=1S/C11H20N2O/c12-11(14)2-1-5-13-10-7-8-3-4-9(10)6-8/h8-10,13H,1-7H2,(H2,12,14). The summed E-state index contributed by atoms with van der Waals surface area (Å²) in [5, 5.41) is 3.56. The van der Waals surface area contributed by atoms with Crippen molar-refractivity contribution in [2.45, 2.75) is 44.6 Å². The van der Waals surface area contributed by atoms with Crippen molar-refractivity contribution in [3.8, 4) is 0 Å². The van der Waals surface area contributed by atoms with Gasteiger partial charge >= 0.3 is 0 Å². The molecule has 14 heavy (non-hydrogen) atoms. The van der Waals surface area contributed by atoms with Crippen LogP contribution < -0.4 is 11.1 Å². The van der Waals surface area contributed by atoms with Crippen molar-refractivity contribution < 1.29 is 4.79 Å². The quantitative estimate of drug-likeness (QED) is 0.645. The van der Waals surface area contributed by atoms with Crippen molar-refractivity contribution in [1.29, 1.82) is 0 Å². The number of hydrogen-bond acceptors (Lipinski definition) is 2. The first-order valence-corrected chi connectivity index (χ1v) is 5.77. The highest BCUT2D eigenvalue weighted by Gasteiger charge is 2.38. The molecule has 0 radical (unpaired) electrons. The van der Waals surface area contributed by atoms with Crippen molar-refractivity contribution in [3.63, 3.8) is 0 Å². The fourth-order valence-electron chi connectivity index (χ4n) is 3.04. The lowest BCUT2D eigenvalue weighted by Gasteiger charge is -2.22. The first-order chi connectivity index (χ1) is 6.75. The Morgan fingerprint density at radius 2 is 2.21 bits per heavy atom. The second kappa shape index (κ2) is 4.30. The maximum atomic E-state index is 10.5. The third kappa shape index (κ3) is 2.27. The molecule has 2 aliphatic carbocycles. The summed E-state index contributed by atoms with van der Waals surface area (Å²) in [6.45, 7) is 0.955. The van der Waals surface area contributed by atoms with Gasteiger partial charge in [-0.25, -0.2) is 0 Å². The smallest absolute Gasteiger partial charge is 0.217 e. The van der Waals surface area contributed by atoms with Crippen molar-refractivity contribution in [2.75, 3.05) is 6.54 Å². The van der Waals surface area contributed by atoms with Crippen molar-refractivity contribution in [2.24, 2.45) is 17.6 Å². The minimum absolute atomic E-state index is 0.181. The molecule has 0 aromatic heterocycles. The zero-order valence-electron chi connectivity index (χ0n) is 8.67. The number of carbonyl (C=O) groups is 1. The molecular weight excluding hydrogens is 176 g/mol. The molecule has 3 atom stereocenters. The van der Waals surface area contributed by atoms with Crippen molar-refractivity contribution in [1.82, 2.24) is 5.32 Å². The van der Waals surface area contributed by atoms with Crippen molar-refractivity contribution in [3.05, 3.63) is 0 Å². The zero-order valence-corrected chi connectivity index (χ0v) is 8.67. The van der Waals surface area contributed by atoms with E-state index in [1.165, 1.54) is 25.7 Å². The summed E-state index contributed by atoms with van der Waals surface area (Å²) in [7, 11) is 0. The Hall–Kier alpha value is -0.570. The lowest BCUT2D eigenvalue weighted by atomic mass is 9.95. The van der Waals surface area contributed by atoms with Gasteiger partial charge < -0.3 is 11.1 Å². The lowest BCUT2D eigenvalue weighted by molar-refractivity contribution is -0.118. The van der Waals surface area contributed by atoms with Crippen LogP contribution in [-0.2, 0) is 4.79 Å². The maximum Gasteiger partial charge on any atom is 0.217 e. The van der Waals surface area contributed by atoms with Crippen LogP contribution in [0.3, 0.4) is 0 Å². The first-order valence-electron chi connectivity index (χ1n) is 5.77. The molecule has 0 saturated heterocycles. The molecule has 0 aromatic carbocycles. The summed E-state index contributed by atoms with van der Waals surface area (Å²) in [5.74, 6) is 1.74. The van der Waals surface area contributed by atoms with Crippen LogP contribution in [0.15, 0.2) is 0 Å². The summed E-state index contributed by atoms with van der Waals surface area (Å²) >= 11 is 0. The third-order valence-corrected chi connectivity index (χ3v) is 3.74. The molecule has 1 amide bonds. The normalized spacial score (nSPS) is 35.0. The van der Waals surface area contributed by atoms with Crippen LogP contribution in [0.5, 0.6) is 0 Å². The fourth-order valence-corrected chi connectivity index (χ4v) is 3.04. The predicted molar refractivity (Wildman–Crippen MR) is 55.7 cm³/mol. The molecule has 2 rings (SSSR count). The van der Waals surface area contributed by atoms with Gasteiger partial charge in [0.05, 0.1) is 0 Å². The molecule has 0 aliphatic heterocycles. The van der Waals surface area contributed by atoms with E-state index in [9.17, 15) is 4.79 Å². The van der Waals surface area contributed by atoms with Crippen LogP contribution in [-0.4, -0.2) is 18.5 Å². The summed E-state index contributed by atoms with van der Waals surface area (Å²) < 4.78 is 0. The fraction of sp³-hybridized carbons (Fsp3) is 0.909. The number of nitrogens with one attached hydrogen (secondary N) is 1. The molecule has 3 unspecified atom stereocenters. The Balaban J connectivity index is 1.60. The van der Waals surface area contributed by atoms with Gasteiger partial charge in [0.1, 0.15) is 0 Å². The molecular formula is C11H20N2O. The van der Waals surface area contributed by atoms with E-state index in [0.29, 0.717) is 6.42 Å². The van der Waals surface area contributed by atoms with Crippen LogP contribution in [0.25, 0.3) is 0 Å². The van der Waals surface area contributed by atoms with Gasteiger partial charge in [0.25, 0.3) is 0 Å². The molecule has 3 N–H and O–H groups in total. The Bertz CT molecular complexity index is 217. The van der Waals surface area contributed by atoms with Crippen LogP contribution >= 0.6 is 0 Å². The first kappa shape index (κ1) is 9.97. The molecule has 2 saturated carbocycles. The predicted octanol–water partition coefficient (Wildman–Crippen LogP) is 1.03. The van der Waals surface area contributed by atoms with Crippen molar-refractivity contribution >= 4 is 5.91 Å². The van der Waals surface area contributed by atoms with Crippen LogP contribution in [0.2, 0.25) is 0 Å². The lowest BCUT2D eigenvalue weighted by Crippen LogP contribution is -2.34. The molecule has 2 fully saturated rings. The average Bonchev–Trinajstić information content (AvgIpc) is 2.73. The maximum absolute atomic E-state index is 10.5. The number of rotatable bonds is 5. The molecule has 2 aliphatic rings. The Morgan fingerprint density at radius 1 is 1.36 bits per heavy atom. The number of hydrogen-bond donors (Lipinski definition) is 2. The Labute approximate surface area is 85.4 Å². The molecule has 3 heteroatoms. The van der Waals surface area contributed by atoms with E-state index in [2.05, 4.69) is 5.32 Å². The second-order valence-corrected chi connectivity index (χ2v) is 4.81. The van der Waals surface area contributed by atoms with Gasteiger partial charge in [-0.15, -0.1) is 0 Å². The van der Waals surface area contributed by atoms with Gasteiger partial charge in [-0.05, 0) is 44.1 Å². The van der Waals surface area contributed by atoms with Gasteiger partial charge in [-0.3, -0.25) is 4.79 Å². The molecule has 80 valence electrons.